The number of nitrogens with zero attached hydrogens (tertiary/aromatic N) is 5. The molecule has 0 saturated carbocycles. The topological polar surface area (TPSA) is 133 Å². The van der Waals surface area contributed by atoms with E-state index < -0.39 is 16.0 Å². The van der Waals surface area contributed by atoms with Crippen LogP contribution in [-0.2, 0) is 22.8 Å². The van der Waals surface area contributed by atoms with Gasteiger partial charge in [0.15, 0.2) is 0 Å². The second kappa shape index (κ2) is 11.9. The van der Waals surface area contributed by atoms with Gasteiger partial charge >= 0.3 is 69.9 Å². The number of anilines is 1. The number of aromatic nitrogens is 2. The van der Waals surface area contributed by atoms with Crippen LogP contribution in [0.25, 0.3) is 10.4 Å². The third-order valence-electron chi connectivity index (χ3n) is 1.13. The summed E-state index contributed by atoms with van der Waals surface area (Å²) < 4.78 is 20.4. The van der Waals surface area contributed by atoms with Crippen molar-refractivity contribution in [1.82, 2.24) is 15.4 Å². The molecule has 2 N–H and O–H groups in total. The zero-order valence-corrected chi connectivity index (χ0v) is 14.7. The molecule has 14 heteroatoms. The fourth-order valence-corrected chi connectivity index (χ4v) is 3.25. The average molecular weight is 432 g/mol. The fraction of sp³-hybridized carbons (Fsp3) is 0. The van der Waals surface area contributed by atoms with Gasteiger partial charge in [0, 0.05) is 12.4 Å². The Bertz CT molecular complexity index is 566. The van der Waals surface area contributed by atoms with Crippen molar-refractivity contribution in [1.29, 1.82) is 0 Å². The molecule has 107 valence electrons. The van der Waals surface area contributed by atoms with E-state index in [1.165, 1.54) is 0 Å². The summed E-state index contributed by atoms with van der Waals surface area (Å²) in [5, 5.41) is 5.57. The minimum atomic E-state index is -3.50. The van der Waals surface area contributed by atoms with Crippen molar-refractivity contribution in [2.45, 2.75) is 0 Å². The van der Waals surface area contributed by atoms with Crippen LogP contribution in [0.4, 0.5) is 5.82 Å². The summed E-state index contributed by atoms with van der Waals surface area (Å²) in [5.41, 5.74) is 9.74. The van der Waals surface area contributed by atoms with E-state index in [0.717, 1.165) is 0 Å². The van der Waals surface area contributed by atoms with E-state index >= 15 is 0 Å². The van der Waals surface area contributed by atoms with Crippen LogP contribution >= 0.6 is 46.5 Å². The van der Waals surface area contributed by atoms with Gasteiger partial charge in [-0.2, -0.15) is 0 Å². The molecule has 0 atom stereocenters. The van der Waals surface area contributed by atoms with Gasteiger partial charge in [0.25, 0.3) is 0 Å². The SMILES string of the molecule is S=C(S)Nc1cnccn1.[N-]=[N+]=NNC(=S)[S][Mo](=[O])=[O]. The number of nitrogens with one attached hydrogen (secondary N) is 2. The van der Waals surface area contributed by atoms with Gasteiger partial charge in [0.1, 0.15) is 10.1 Å². The number of thiocarbonyl (C=S) groups is 2. The van der Waals surface area contributed by atoms with Crippen LogP contribution in [0.3, 0.4) is 0 Å². The standard InChI is InChI=1S/C5H5N3S2.CH2N4S2.Mo.2O/c9-5(10)8-4-3-6-1-2-7-4;2-4-5-3-1(6)7;;;/h1-3H,(H2,7,8,9,10);(H2,3,6,7);;;/q;;+1;;/p-1. The van der Waals surface area contributed by atoms with Gasteiger partial charge in [-0.3, -0.25) is 4.98 Å². The Labute approximate surface area is 138 Å². The predicted molar refractivity (Wildman–Crippen MR) is 81.1 cm³/mol. The van der Waals surface area contributed by atoms with Gasteiger partial charge < -0.3 is 5.32 Å². The first kappa shape index (κ1) is 19.2. The molecule has 0 aliphatic carbocycles. The third kappa shape index (κ3) is 12.2. The molecule has 1 aromatic heterocycles. The van der Waals surface area contributed by atoms with Crippen LogP contribution < -0.4 is 10.7 Å². The van der Waals surface area contributed by atoms with Crippen molar-refractivity contribution in [2.24, 2.45) is 5.22 Å². The van der Waals surface area contributed by atoms with Crippen LogP contribution in [0.5, 0.6) is 0 Å². The summed E-state index contributed by atoms with van der Waals surface area (Å²) in [7, 11) is 0.509. The molecule has 0 aromatic carbocycles. The van der Waals surface area contributed by atoms with Crippen LogP contribution in [0.2, 0.25) is 0 Å². The first-order chi connectivity index (χ1) is 9.45. The molecule has 0 aliphatic heterocycles. The average Bonchev–Trinajstić information content (AvgIpc) is 2.37. The summed E-state index contributed by atoms with van der Waals surface area (Å²) in [6, 6.07) is 0. The molecule has 0 unspecified atom stereocenters. The van der Waals surface area contributed by atoms with Crippen molar-refractivity contribution in [2.75, 3.05) is 5.32 Å². The zero-order valence-electron chi connectivity index (χ0n) is 9.36. The van der Waals surface area contributed by atoms with Crippen LogP contribution in [0, 0.1) is 0 Å². The summed E-state index contributed by atoms with van der Waals surface area (Å²) in [6.07, 6.45) is 4.74. The molecule has 1 rings (SSSR count). The Kier molecular flexibility index (Phi) is 11.4. The Hall–Kier alpha value is -0.842. The van der Waals surface area contributed by atoms with E-state index in [1.807, 2.05) is 5.43 Å². The summed E-state index contributed by atoms with van der Waals surface area (Å²) in [4.78, 5) is 10.0. The van der Waals surface area contributed by atoms with Crippen molar-refractivity contribution < 1.29 is 22.8 Å². The minimum absolute atomic E-state index is 0.0422. The molecule has 1 heterocycles. The van der Waals surface area contributed by atoms with Crippen LogP contribution in [0.1, 0.15) is 0 Å². The van der Waals surface area contributed by atoms with E-state index in [2.05, 4.69) is 62.5 Å². The first-order valence-corrected chi connectivity index (χ1v) is 10.4. The second-order valence-electron chi connectivity index (χ2n) is 2.40. The first-order valence-electron chi connectivity index (χ1n) is 4.33. The third-order valence-corrected chi connectivity index (χ3v) is 5.14. The monoisotopic (exact) mass is 434 g/mol. The van der Waals surface area contributed by atoms with Crippen LogP contribution in [0.15, 0.2) is 23.8 Å². The van der Waals surface area contributed by atoms with E-state index in [-0.39, 0.29) is 4.32 Å². The molecule has 0 spiro atoms. The maximum absolute atomic E-state index is 10.0. The second-order valence-corrected chi connectivity index (χ2v) is 8.64. The van der Waals surface area contributed by atoms with E-state index in [1.54, 1.807) is 18.6 Å². The Morgan fingerprint density at radius 2 is 2.20 bits per heavy atom. The maximum atomic E-state index is 10.0. The van der Waals surface area contributed by atoms with Gasteiger partial charge in [0.2, 0.25) is 0 Å². The van der Waals surface area contributed by atoms with Crippen molar-refractivity contribution in [3.8, 4) is 0 Å². The number of rotatable bonds is 3. The molecule has 1 aromatic rings. The van der Waals surface area contributed by atoms with Crippen molar-refractivity contribution in [3.05, 3.63) is 29.0 Å². The summed E-state index contributed by atoms with van der Waals surface area (Å²) in [5.74, 6) is 0.613. The quantitative estimate of drug-likeness (QED) is 0.125. The van der Waals surface area contributed by atoms with E-state index in [9.17, 15) is 6.80 Å². The van der Waals surface area contributed by atoms with E-state index in [0.29, 0.717) is 19.6 Å². The van der Waals surface area contributed by atoms with Crippen LogP contribution in [-0.4, -0.2) is 18.6 Å². The Morgan fingerprint density at radius 1 is 1.50 bits per heavy atom. The number of hydrogen-bond acceptors (Lipinski definition) is 8. The van der Waals surface area contributed by atoms with Gasteiger partial charge in [0.05, 0.1) is 6.20 Å². The predicted octanol–water partition coefficient (Wildman–Crippen LogP) is 2.15. The normalized spacial score (nSPS) is 8.25. The summed E-state index contributed by atoms with van der Waals surface area (Å²) >= 11 is 9.45. The Balaban J connectivity index is 0.000000361. The van der Waals surface area contributed by atoms with E-state index in [4.69, 9.17) is 5.53 Å². The van der Waals surface area contributed by atoms with Gasteiger partial charge in [-0.05, 0) is 0 Å². The number of thiol groups is 1. The molecule has 0 amide bonds. The molecular formula is C6H6MoN7O2S4. The zero-order chi connectivity index (χ0) is 15.4. The van der Waals surface area contributed by atoms with Crippen molar-refractivity contribution in [3.63, 3.8) is 0 Å². The molecule has 0 saturated heterocycles. The molecule has 0 bridgehead atoms. The van der Waals surface area contributed by atoms with Gasteiger partial charge in [-0.15, -0.1) is 12.6 Å². The molecule has 0 radical (unpaired) electrons. The molecule has 0 fully saturated rings. The summed E-state index contributed by atoms with van der Waals surface area (Å²) in [6.45, 7) is 0. The molecule has 9 nitrogen and oxygen atoms in total. The van der Waals surface area contributed by atoms with Crippen molar-refractivity contribution >= 4 is 61.0 Å². The van der Waals surface area contributed by atoms with Gasteiger partial charge in [-0.25, -0.2) is 4.98 Å². The molecular weight excluding hydrogens is 426 g/mol. The molecule has 0 aliphatic rings. The number of azide groups is 1. The molecule has 20 heavy (non-hydrogen) atoms. The number of hydrogen-bond donors (Lipinski definition) is 3. The van der Waals surface area contributed by atoms with Gasteiger partial charge in [-0.1, -0.05) is 12.2 Å². The fourth-order valence-electron chi connectivity index (χ4n) is 0.617. The Morgan fingerprint density at radius 3 is 2.65 bits per heavy atom.